The molecule has 2 unspecified atom stereocenters. The summed E-state index contributed by atoms with van der Waals surface area (Å²) in [7, 11) is 0.914. The molecule has 3 saturated heterocycles. The Hall–Kier alpha value is -1.11. The van der Waals surface area contributed by atoms with Crippen LogP contribution in [0, 0.1) is 27.2 Å². The van der Waals surface area contributed by atoms with Crippen molar-refractivity contribution in [2.24, 2.45) is 23.7 Å². The highest BCUT2D eigenvalue weighted by atomic mass is 127. The number of rotatable bonds is 10. The Morgan fingerprint density at radius 1 is 0.918 bits per heavy atom. The van der Waals surface area contributed by atoms with E-state index in [1.165, 1.54) is 33.1 Å². The van der Waals surface area contributed by atoms with Crippen LogP contribution in [0.25, 0.3) is 0 Å². The van der Waals surface area contributed by atoms with Crippen LogP contribution in [0.4, 0.5) is 0 Å². The molecule has 16 nitrogen and oxygen atoms in total. The molecule has 3 fully saturated rings. The third-order valence-electron chi connectivity index (χ3n) is 13.5. The van der Waals surface area contributed by atoms with E-state index >= 15 is 0 Å². The zero-order valence-corrected chi connectivity index (χ0v) is 41.0. The van der Waals surface area contributed by atoms with E-state index in [2.05, 4.69) is 27.3 Å². The van der Waals surface area contributed by atoms with Gasteiger partial charge in [0.05, 0.1) is 52.5 Å². The van der Waals surface area contributed by atoms with E-state index in [1.807, 2.05) is 25.9 Å². The first-order chi connectivity index (χ1) is 28.1. The van der Waals surface area contributed by atoms with Crippen molar-refractivity contribution >= 4 is 38.6 Å². The fraction of sp³-hybridized carbons (Fsp3) is 0.837. The third-order valence-corrected chi connectivity index (χ3v) is 15.7. The van der Waals surface area contributed by atoms with Crippen LogP contribution >= 0.6 is 22.6 Å². The molecule has 61 heavy (non-hydrogen) atoms. The molecule has 19 atom stereocenters. The summed E-state index contributed by atoms with van der Waals surface area (Å²) in [6.07, 6.45) is -10.4. The molecule has 352 valence electrons. The van der Waals surface area contributed by atoms with Crippen LogP contribution in [0.3, 0.4) is 0 Å². The number of sulfonamides is 1. The second kappa shape index (κ2) is 20.6. The zero-order chi connectivity index (χ0) is 46.2. The van der Waals surface area contributed by atoms with Crippen molar-refractivity contribution < 1.29 is 67.2 Å². The number of nitrogens with one attached hydrogen (secondary N) is 1. The first kappa shape index (κ1) is 52.5. The van der Waals surface area contributed by atoms with Gasteiger partial charge < -0.3 is 58.9 Å². The van der Waals surface area contributed by atoms with E-state index in [1.54, 1.807) is 60.6 Å². The molecule has 18 heteroatoms. The van der Waals surface area contributed by atoms with Crippen LogP contribution in [0.15, 0.2) is 29.2 Å². The van der Waals surface area contributed by atoms with Gasteiger partial charge in [-0.3, -0.25) is 4.79 Å². The molecule has 0 spiro atoms. The van der Waals surface area contributed by atoms with Crippen molar-refractivity contribution in [2.45, 2.75) is 190 Å². The Labute approximate surface area is 376 Å². The van der Waals surface area contributed by atoms with Crippen molar-refractivity contribution in [3.8, 4) is 0 Å². The first-order valence-corrected chi connectivity index (χ1v) is 24.0. The summed E-state index contributed by atoms with van der Waals surface area (Å²) >= 11 is 2.08. The molecular formula is C43H73IN2O14S. The Balaban J connectivity index is 1.91. The molecule has 0 aliphatic carbocycles. The van der Waals surface area contributed by atoms with Gasteiger partial charge in [-0.1, -0.05) is 27.7 Å². The van der Waals surface area contributed by atoms with Crippen molar-refractivity contribution in [3.05, 3.63) is 27.8 Å². The number of nitrogens with zero attached hydrogens (tertiary/aromatic N) is 1. The number of cyclic esters (lactones) is 1. The van der Waals surface area contributed by atoms with Gasteiger partial charge in [0.1, 0.15) is 23.9 Å². The van der Waals surface area contributed by atoms with Crippen LogP contribution in [-0.4, -0.2) is 156 Å². The van der Waals surface area contributed by atoms with Gasteiger partial charge >= 0.3 is 5.97 Å². The van der Waals surface area contributed by atoms with Crippen molar-refractivity contribution in [1.82, 2.24) is 9.62 Å². The number of benzene rings is 1. The van der Waals surface area contributed by atoms with E-state index < -0.39 is 118 Å². The second-order valence-electron chi connectivity index (χ2n) is 18.8. The molecule has 4 rings (SSSR count). The number of carbonyl (C=O) groups is 1. The first-order valence-electron chi connectivity index (χ1n) is 21.4. The molecule has 0 radical (unpaired) electrons. The molecule has 3 aliphatic rings. The number of likely N-dealkylation sites (N-methyl/N-ethyl adjacent to an activating group) is 1. The zero-order valence-electron chi connectivity index (χ0n) is 38.0. The lowest BCUT2D eigenvalue weighted by atomic mass is 9.72. The molecule has 3 heterocycles. The van der Waals surface area contributed by atoms with E-state index in [-0.39, 0.29) is 36.3 Å². The predicted molar refractivity (Wildman–Crippen MR) is 235 cm³/mol. The van der Waals surface area contributed by atoms with Crippen LogP contribution in [0.1, 0.15) is 94.9 Å². The minimum absolute atomic E-state index is 0.0201. The third kappa shape index (κ3) is 11.8. The molecule has 0 bridgehead atoms. The maximum Gasteiger partial charge on any atom is 0.311 e. The highest BCUT2D eigenvalue weighted by Crippen LogP contribution is 2.41. The minimum Gasteiger partial charge on any atom is -0.459 e. The fourth-order valence-corrected chi connectivity index (χ4v) is 11.5. The van der Waals surface area contributed by atoms with Gasteiger partial charge in [-0.2, -0.15) is 0 Å². The fourth-order valence-electron chi connectivity index (χ4n) is 9.69. The number of ether oxygens (including phenoxy) is 6. The van der Waals surface area contributed by atoms with E-state index in [9.17, 15) is 38.7 Å². The van der Waals surface area contributed by atoms with E-state index in [0.29, 0.717) is 6.42 Å². The topological polar surface area (TPSA) is 223 Å². The lowest BCUT2D eigenvalue weighted by molar-refractivity contribution is -0.318. The molecular weight excluding hydrogens is 927 g/mol. The molecule has 6 N–H and O–H groups in total. The summed E-state index contributed by atoms with van der Waals surface area (Å²) in [5, 5.41) is 59.7. The second-order valence-corrected chi connectivity index (χ2v) is 21.8. The highest BCUT2D eigenvalue weighted by molar-refractivity contribution is 14.1. The van der Waals surface area contributed by atoms with Gasteiger partial charge in [-0.25, -0.2) is 13.1 Å². The predicted octanol–water partition coefficient (Wildman–Crippen LogP) is 3.17. The van der Waals surface area contributed by atoms with E-state index in [0.717, 1.165) is 3.57 Å². The average Bonchev–Trinajstić information content (AvgIpc) is 3.18. The highest BCUT2D eigenvalue weighted by Gasteiger charge is 2.54. The van der Waals surface area contributed by atoms with Crippen molar-refractivity contribution in [1.29, 1.82) is 0 Å². The summed E-state index contributed by atoms with van der Waals surface area (Å²) in [6.45, 7) is 16.5. The molecule has 0 saturated carbocycles. The number of methoxy groups -OCH3 is 1. The standard InChI is InChI=1S/C43H73IN2O14S/c1-14-31-43(10,52)36(48)24(4)33(45-61(53,54)29-17-15-28(44)16-18-29)22(2)20-41(8,51)38(60-40-34(47)30(46(11)12)19-23(3)56-40)25(5)35(26(6)39(50)58-31)59-32-21-42(9,55-13)37(49)27(7)57-32/h15-18,22-27,30-38,40,45,47-49,51-52H,14,19-21H2,1-13H3/t22-,23-,24+,25+,26-,27+,30+,31?,32+,33+,34-,35?,36-,37+,38-,40+,41-,42-,43-/m1/s1. The summed E-state index contributed by atoms with van der Waals surface area (Å²) in [4.78, 5) is 16.3. The summed E-state index contributed by atoms with van der Waals surface area (Å²) in [5.74, 6) is -4.59. The monoisotopic (exact) mass is 1000 g/mol. The SMILES string of the molecule is CCC1OC(=O)[C@H](C)C(O[C@H]2C[C@@](C)(OC)[C@@H](O)[C@H](C)O2)[C@H](C)[C@@H](O[C@@H]2O[C@H](C)C[C@H](N(C)C)[C@H]2O)[C@](C)(O)C[C@@H](C)[C@H](NS(=O)(=O)c2ccc(I)cc2)[C@H](C)[C@@H](O)[C@]1(C)O. The Kier molecular flexibility index (Phi) is 17.7. The maximum absolute atomic E-state index is 14.4. The van der Waals surface area contributed by atoms with Gasteiger partial charge in [0.25, 0.3) is 0 Å². The smallest absolute Gasteiger partial charge is 0.311 e. The summed E-state index contributed by atoms with van der Waals surface area (Å²) in [6, 6.07) is 4.76. The average molecular weight is 1000 g/mol. The maximum atomic E-state index is 14.4. The minimum atomic E-state index is -4.24. The quantitative estimate of drug-likeness (QED) is 0.146. The van der Waals surface area contributed by atoms with Crippen LogP contribution in [0.5, 0.6) is 0 Å². The van der Waals surface area contributed by atoms with Crippen LogP contribution in [-0.2, 0) is 43.2 Å². The van der Waals surface area contributed by atoms with Crippen LogP contribution in [0.2, 0.25) is 0 Å². The number of carbonyl (C=O) groups excluding carboxylic acids is 1. The number of hydrogen-bond acceptors (Lipinski definition) is 15. The van der Waals surface area contributed by atoms with Gasteiger partial charge in [0.15, 0.2) is 12.6 Å². The molecule has 1 aromatic rings. The van der Waals surface area contributed by atoms with Gasteiger partial charge in [0, 0.05) is 41.0 Å². The Morgan fingerprint density at radius 3 is 2.08 bits per heavy atom. The van der Waals surface area contributed by atoms with Crippen LogP contribution < -0.4 is 4.72 Å². The molecule has 0 aromatic heterocycles. The van der Waals surface area contributed by atoms with Gasteiger partial charge in [0.2, 0.25) is 10.0 Å². The molecule has 1 aromatic carbocycles. The number of aliphatic hydroxyl groups is 5. The number of halogens is 1. The normalized spacial score (nSPS) is 45.0. The number of aliphatic hydroxyl groups excluding tert-OH is 3. The molecule has 3 aliphatic heterocycles. The summed E-state index contributed by atoms with van der Waals surface area (Å²) < 4.78 is 69.4. The van der Waals surface area contributed by atoms with Crippen molar-refractivity contribution in [3.63, 3.8) is 0 Å². The largest absolute Gasteiger partial charge is 0.459 e. The molecule has 0 amide bonds. The Bertz CT molecular complexity index is 1700. The van der Waals surface area contributed by atoms with Crippen molar-refractivity contribution in [2.75, 3.05) is 21.2 Å². The lowest BCUT2D eigenvalue weighted by Crippen LogP contribution is -2.62. The van der Waals surface area contributed by atoms with Gasteiger partial charge in [-0.05, 0) is 128 Å². The summed E-state index contributed by atoms with van der Waals surface area (Å²) in [5.41, 5.74) is -5.05. The number of esters is 1. The lowest BCUT2D eigenvalue weighted by Gasteiger charge is -2.49. The van der Waals surface area contributed by atoms with E-state index in [4.69, 9.17) is 28.4 Å². The Morgan fingerprint density at radius 2 is 1.52 bits per heavy atom. The van der Waals surface area contributed by atoms with Gasteiger partial charge in [-0.15, -0.1) is 0 Å². The number of hydrogen-bond donors (Lipinski definition) is 6.